The highest BCUT2D eigenvalue weighted by Gasteiger charge is 2.22. The molecule has 2 aromatic carbocycles. The van der Waals surface area contributed by atoms with Gasteiger partial charge in [0.25, 0.3) is 5.91 Å². The first-order valence-corrected chi connectivity index (χ1v) is 10.3. The third kappa shape index (κ3) is 5.88. The van der Waals surface area contributed by atoms with E-state index in [9.17, 15) is 18.0 Å². The van der Waals surface area contributed by atoms with E-state index in [1.54, 1.807) is 38.1 Å². The molecular formula is C20H21N3O5S. The van der Waals surface area contributed by atoms with Gasteiger partial charge in [-0.2, -0.15) is 5.26 Å². The molecule has 9 heteroatoms. The maximum absolute atomic E-state index is 12.4. The monoisotopic (exact) mass is 415 g/mol. The number of carbonyl (C=O) groups excluding carboxylic acids is 2. The van der Waals surface area contributed by atoms with Gasteiger partial charge in [-0.3, -0.25) is 4.79 Å². The van der Waals surface area contributed by atoms with Crippen molar-refractivity contribution in [3.63, 3.8) is 0 Å². The zero-order chi connectivity index (χ0) is 21.6. The summed E-state index contributed by atoms with van der Waals surface area (Å²) >= 11 is 0. The summed E-state index contributed by atoms with van der Waals surface area (Å²) in [5.74, 6) is -1.46. The van der Waals surface area contributed by atoms with E-state index in [4.69, 9.17) is 10.00 Å². The number of nitriles is 1. The van der Waals surface area contributed by atoms with E-state index in [0.717, 1.165) is 0 Å². The van der Waals surface area contributed by atoms with Crippen LogP contribution < -0.4 is 10.0 Å². The Morgan fingerprint density at radius 1 is 1.07 bits per heavy atom. The highest BCUT2D eigenvalue weighted by Crippen LogP contribution is 2.16. The van der Waals surface area contributed by atoms with Crippen LogP contribution in [-0.2, 0) is 19.6 Å². The molecule has 1 atom stereocenters. The number of carbonyl (C=O) groups is 2. The average Bonchev–Trinajstić information content (AvgIpc) is 2.67. The van der Waals surface area contributed by atoms with Crippen LogP contribution >= 0.6 is 0 Å². The molecule has 0 fully saturated rings. The number of ether oxygens (including phenoxy) is 1. The topological polar surface area (TPSA) is 125 Å². The molecule has 0 saturated carbocycles. The lowest BCUT2D eigenvalue weighted by Crippen LogP contribution is -2.31. The van der Waals surface area contributed by atoms with Crippen molar-refractivity contribution in [1.82, 2.24) is 4.72 Å². The molecule has 1 amide bonds. The Hall–Kier alpha value is -3.22. The van der Waals surface area contributed by atoms with E-state index >= 15 is 0 Å². The van der Waals surface area contributed by atoms with Crippen molar-refractivity contribution >= 4 is 27.6 Å². The number of hydrogen-bond donors (Lipinski definition) is 2. The molecular weight excluding hydrogens is 394 g/mol. The van der Waals surface area contributed by atoms with Crippen molar-refractivity contribution in [3.05, 3.63) is 59.7 Å². The number of benzene rings is 2. The van der Waals surface area contributed by atoms with E-state index in [2.05, 4.69) is 10.0 Å². The van der Waals surface area contributed by atoms with Gasteiger partial charge in [-0.15, -0.1) is 0 Å². The van der Waals surface area contributed by atoms with Crippen LogP contribution in [0.25, 0.3) is 0 Å². The molecule has 0 aliphatic heterocycles. The van der Waals surface area contributed by atoms with Crippen LogP contribution in [0.5, 0.6) is 0 Å². The van der Waals surface area contributed by atoms with Gasteiger partial charge in [-0.25, -0.2) is 17.9 Å². The number of nitrogens with zero attached hydrogens (tertiary/aromatic N) is 1. The summed E-state index contributed by atoms with van der Waals surface area (Å²) in [6, 6.07) is 13.4. The van der Waals surface area contributed by atoms with Crippen LogP contribution in [0.1, 0.15) is 36.7 Å². The molecule has 0 aliphatic rings. The second-order valence-corrected chi connectivity index (χ2v) is 8.21. The normalized spacial score (nSPS) is 12.1. The number of amides is 1. The van der Waals surface area contributed by atoms with Crippen LogP contribution in [0.4, 0.5) is 5.69 Å². The Balaban J connectivity index is 2.11. The van der Waals surface area contributed by atoms with E-state index < -0.39 is 28.0 Å². The fourth-order valence-corrected chi connectivity index (χ4v) is 3.67. The zero-order valence-corrected chi connectivity index (χ0v) is 17.0. The smallest absolute Gasteiger partial charge is 0.338 e. The second-order valence-electron chi connectivity index (χ2n) is 6.50. The summed E-state index contributed by atoms with van der Waals surface area (Å²) in [5, 5.41) is 11.6. The molecule has 29 heavy (non-hydrogen) atoms. The van der Waals surface area contributed by atoms with E-state index in [-0.39, 0.29) is 22.1 Å². The van der Waals surface area contributed by atoms with Crippen molar-refractivity contribution in [2.45, 2.75) is 37.8 Å². The van der Waals surface area contributed by atoms with Gasteiger partial charge >= 0.3 is 5.97 Å². The fraction of sp³-hybridized carbons (Fsp3) is 0.250. The second kappa shape index (κ2) is 9.32. The van der Waals surface area contributed by atoms with Crippen LogP contribution in [0.15, 0.2) is 53.4 Å². The Morgan fingerprint density at radius 2 is 1.76 bits per heavy atom. The molecule has 0 heterocycles. The number of sulfonamides is 1. The van der Waals surface area contributed by atoms with Crippen LogP contribution in [-0.4, -0.2) is 32.4 Å². The highest BCUT2D eigenvalue weighted by molar-refractivity contribution is 7.89. The largest absolute Gasteiger partial charge is 0.449 e. The van der Waals surface area contributed by atoms with Gasteiger partial charge in [0.1, 0.15) is 6.07 Å². The number of hydrogen-bond acceptors (Lipinski definition) is 6. The minimum Gasteiger partial charge on any atom is -0.449 e. The van der Waals surface area contributed by atoms with Crippen molar-refractivity contribution in [3.8, 4) is 6.07 Å². The molecule has 2 N–H and O–H groups in total. The lowest BCUT2D eigenvalue weighted by Gasteiger charge is -2.15. The first kappa shape index (κ1) is 22.1. The summed E-state index contributed by atoms with van der Waals surface area (Å²) < 4.78 is 32.1. The predicted octanol–water partition coefficient (Wildman–Crippen LogP) is 2.43. The summed E-state index contributed by atoms with van der Waals surface area (Å²) in [5.41, 5.74) is 0.569. The predicted molar refractivity (Wildman–Crippen MR) is 107 cm³/mol. The Labute approximate surface area is 169 Å². The van der Waals surface area contributed by atoms with Crippen molar-refractivity contribution in [2.75, 3.05) is 5.32 Å². The van der Waals surface area contributed by atoms with Gasteiger partial charge in [0.05, 0.1) is 21.7 Å². The number of anilines is 1. The number of para-hydroxylation sites is 1. The molecule has 2 aromatic rings. The molecule has 0 radical (unpaired) electrons. The van der Waals surface area contributed by atoms with Crippen LogP contribution in [0.2, 0.25) is 0 Å². The molecule has 8 nitrogen and oxygen atoms in total. The van der Waals surface area contributed by atoms with Crippen LogP contribution in [0, 0.1) is 11.3 Å². The average molecular weight is 415 g/mol. The fourth-order valence-electron chi connectivity index (χ4n) is 2.37. The minimum atomic E-state index is -3.78. The highest BCUT2D eigenvalue weighted by atomic mass is 32.2. The summed E-state index contributed by atoms with van der Waals surface area (Å²) in [7, 11) is -3.78. The zero-order valence-electron chi connectivity index (χ0n) is 16.2. The maximum Gasteiger partial charge on any atom is 0.338 e. The van der Waals surface area contributed by atoms with Gasteiger partial charge in [0, 0.05) is 6.04 Å². The lowest BCUT2D eigenvalue weighted by molar-refractivity contribution is -0.123. The van der Waals surface area contributed by atoms with Crippen LogP contribution in [0.3, 0.4) is 0 Å². The molecule has 0 aliphatic carbocycles. The molecule has 0 bridgehead atoms. The maximum atomic E-state index is 12.4. The molecule has 0 saturated heterocycles. The third-order valence-corrected chi connectivity index (χ3v) is 5.39. The first-order valence-electron chi connectivity index (χ1n) is 8.77. The number of rotatable bonds is 7. The minimum absolute atomic E-state index is 0.00583. The van der Waals surface area contributed by atoms with Crippen molar-refractivity contribution < 1.29 is 22.7 Å². The quantitative estimate of drug-likeness (QED) is 0.669. The molecule has 0 spiro atoms. The van der Waals surface area contributed by atoms with E-state index in [0.29, 0.717) is 5.69 Å². The van der Waals surface area contributed by atoms with Gasteiger partial charge in [-0.1, -0.05) is 18.2 Å². The Bertz CT molecular complexity index is 1060. The Morgan fingerprint density at radius 3 is 2.41 bits per heavy atom. The van der Waals surface area contributed by atoms with Gasteiger partial charge in [0.15, 0.2) is 6.10 Å². The molecule has 152 valence electrons. The summed E-state index contributed by atoms with van der Waals surface area (Å²) in [4.78, 5) is 24.6. The number of nitrogens with one attached hydrogen (secondary N) is 2. The number of esters is 1. The van der Waals surface area contributed by atoms with E-state index in [1.165, 1.54) is 31.2 Å². The van der Waals surface area contributed by atoms with Gasteiger partial charge in [0.2, 0.25) is 10.0 Å². The standard InChI is InChI=1S/C20H21N3O5S/c1-13(2)23-29(26,27)17-9-6-8-15(11-17)20(25)28-14(3)19(24)22-18-10-5-4-7-16(18)12-21/h4-11,13-14,23H,1-3H3,(H,22,24)/t14-/m1/s1. The Kier molecular flexibility index (Phi) is 7.09. The molecule has 0 aromatic heterocycles. The summed E-state index contributed by atoms with van der Waals surface area (Å²) in [6.45, 7) is 4.74. The first-order chi connectivity index (χ1) is 13.6. The lowest BCUT2D eigenvalue weighted by atomic mass is 10.2. The summed E-state index contributed by atoms with van der Waals surface area (Å²) in [6.07, 6.45) is -1.16. The molecule has 2 rings (SSSR count). The van der Waals surface area contributed by atoms with Crippen molar-refractivity contribution in [1.29, 1.82) is 5.26 Å². The van der Waals surface area contributed by atoms with Crippen molar-refractivity contribution in [2.24, 2.45) is 0 Å². The van der Waals surface area contributed by atoms with Gasteiger partial charge in [-0.05, 0) is 51.1 Å². The third-order valence-electron chi connectivity index (χ3n) is 3.73. The van der Waals surface area contributed by atoms with Gasteiger partial charge < -0.3 is 10.1 Å². The van der Waals surface area contributed by atoms with E-state index in [1.807, 2.05) is 6.07 Å². The SMILES string of the molecule is CC(C)NS(=O)(=O)c1cccc(C(=O)O[C@H](C)C(=O)Nc2ccccc2C#N)c1. The molecule has 0 unspecified atom stereocenters.